The molecule has 2 aromatic rings. The number of hydrogen-bond donors (Lipinski definition) is 2. The molecule has 2 aromatic heterocycles. The summed E-state index contributed by atoms with van der Waals surface area (Å²) in [6, 6.07) is 1.90. The highest BCUT2D eigenvalue weighted by Crippen LogP contribution is 2.21. The van der Waals surface area contributed by atoms with Crippen molar-refractivity contribution in [2.24, 2.45) is 5.41 Å². The molecule has 7 heteroatoms. The van der Waals surface area contributed by atoms with Crippen LogP contribution in [0.25, 0.3) is 11.3 Å². The molecule has 0 aliphatic carbocycles. The summed E-state index contributed by atoms with van der Waals surface area (Å²) in [4.78, 5) is 4.07. The number of aromatic nitrogens is 4. The minimum absolute atomic E-state index is 0.114. The van der Waals surface area contributed by atoms with Gasteiger partial charge in [0, 0.05) is 27.8 Å². The van der Waals surface area contributed by atoms with Gasteiger partial charge in [-0.15, -0.1) is 5.10 Å². The monoisotopic (exact) mass is 326 g/mol. The van der Waals surface area contributed by atoms with Crippen molar-refractivity contribution < 1.29 is 10.2 Å². The first kappa shape index (κ1) is 14.1. The highest BCUT2D eigenvalue weighted by Gasteiger charge is 2.24. The van der Waals surface area contributed by atoms with Gasteiger partial charge in [0.25, 0.3) is 0 Å². The van der Waals surface area contributed by atoms with Gasteiger partial charge < -0.3 is 10.2 Å². The van der Waals surface area contributed by atoms with Crippen molar-refractivity contribution in [3.05, 3.63) is 29.1 Å². The van der Waals surface area contributed by atoms with Gasteiger partial charge in [0.05, 0.1) is 26.0 Å². The molecule has 0 saturated carbocycles. The summed E-state index contributed by atoms with van der Waals surface area (Å²) in [5, 5.41) is 26.6. The lowest BCUT2D eigenvalue weighted by Crippen LogP contribution is -2.31. The largest absolute Gasteiger partial charge is 0.396 e. The number of pyridine rings is 1. The van der Waals surface area contributed by atoms with Gasteiger partial charge >= 0.3 is 0 Å². The highest BCUT2D eigenvalue weighted by atomic mass is 79.9. The van der Waals surface area contributed by atoms with E-state index in [4.69, 9.17) is 0 Å². The number of hydrogen-bond acceptors (Lipinski definition) is 5. The molecule has 0 aromatic carbocycles. The van der Waals surface area contributed by atoms with Crippen molar-refractivity contribution in [2.75, 3.05) is 13.2 Å². The SMILES string of the molecule is CC(CO)(CO)Cn1cc(-c2cncc(Br)c2)nn1. The van der Waals surface area contributed by atoms with E-state index < -0.39 is 5.41 Å². The Hall–Kier alpha value is -1.31. The lowest BCUT2D eigenvalue weighted by Gasteiger charge is -2.23. The third kappa shape index (κ3) is 3.37. The molecule has 0 fully saturated rings. The molecule has 0 unspecified atom stereocenters. The number of nitrogens with zero attached hydrogens (tertiary/aromatic N) is 4. The van der Waals surface area contributed by atoms with Crippen molar-refractivity contribution >= 4 is 15.9 Å². The number of halogens is 1. The zero-order chi connectivity index (χ0) is 13.9. The Kier molecular flexibility index (Phi) is 4.28. The van der Waals surface area contributed by atoms with E-state index in [0.29, 0.717) is 12.2 Å². The van der Waals surface area contributed by atoms with E-state index in [9.17, 15) is 10.2 Å². The molecular weight excluding hydrogens is 312 g/mol. The zero-order valence-corrected chi connectivity index (χ0v) is 12.1. The summed E-state index contributed by atoms with van der Waals surface area (Å²) >= 11 is 3.35. The fourth-order valence-corrected chi connectivity index (χ4v) is 1.97. The number of aliphatic hydroxyl groups is 2. The van der Waals surface area contributed by atoms with E-state index in [1.54, 1.807) is 30.2 Å². The number of aliphatic hydroxyl groups excluding tert-OH is 2. The fraction of sp³-hybridized carbons (Fsp3) is 0.417. The summed E-state index contributed by atoms with van der Waals surface area (Å²) in [7, 11) is 0. The molecule has 2 rings (SSSR count). The van der Waals surface area contributed by atoms with Crippen LogP contribution in [0.5, 0.6) is 0 Å². The van der Waals surface area contributed by atoms with E-state index in [-0.39, 0.29) is 13.2 Å². The minimum Gasteiger partial charge on any atom is -0.396 e. The summed E-state index contributed by atoms with van der Waals surface area (Å²) in [6.07, 6.45) is 5.17. The molecule has 0 spiro atoms. The molecule has 6 nitrogen and oxygen atoms in total. The first-order valence-electron chi connectivity index (χ1n) is 5.79. The van der Waals surface area contributed by atoms with Crippen molar-refractivity contribution in [1.82, 2.24) is 20.0 Å². The highest BCUT2D eigenvalue weighted by molar-refractivity contribution is 9.10. The van der Waals surface area contributed by atoms with E-state index in [1.807, 2.05) is 6.07 Å². The Morgan fingerprint density at radius 3 is 2.68 bits per heavy atom. The van der Waals surface area contributed by atoms with E-state index in [0.717, 1.165) is 10.0 Å². The normalized spacial score (nSPS) is 11.8. The summed E-state index contributed by atoms with van der Waals surface area (Å²) in [5.74, 6) is 0. The topological polar surface area (TPSA) is 84.1 Å². The molecule has 0 amide bonds. The van der Waals surface area contributed by atoms with Crippen LogP contribution >= 0.6 is 15.9 Å². The lowest BCUT2D eigenvalue weighted by atomic mass is 9.93. The van der Waals surface area contributed by atoms with Crippen LogP contribution in [0.3, 0.4) is 0 Å². The maximum absolute atomic E-state index is 9.27. The predicted octanol–water partition coefficient (Wildman–Crippen LogP) is 1.09. The standard InChI is InChI=1S/C12H15BrN4O2/c1-12(7-18,8-19)6-17-5-11(15-16-17)9-2-10(13)4-14-3-9/h2-5,18-19H,6-8H2,1H3. The number of rotatable bonds is 5. The average molecular weight is 327 g/mol. The Labute approximate surface area is 119 Å². The van der Waals surface area contributed by atoms with Gasteiger partial charge in [-0.25, -0.2) is 0 Å². The molecule has 0 saturated heterocycles. The van der Waals surface area contributed by atoms with Crippen LogP contribution in [-0.4, -0.2) is 43.4 Å². The third-order valence-corrected chi connectivity index (χ3v) is 3.28. The Morgan fingerprint density at radius 2 is 2.05 bits per heavy atom. The Morgan fingerprint density at radius 1 is 1.32 bits per heavy atom. The van der Waals surface area contributed by atoms with Crippen LogP contribution in [0.15, 0.2) is 29.1 Å². The van der Waals surface area contributed by atoms with Crippen LogP contribution in [0.1, 0.15) is 6.92 Å². The molecule has 0 atom stereocenters. The Bertz CT molecular complexity index is 554. The van der Waals surface area contributed by atoms with E-state index in [1.165, 1.54) is 0 Å². The van der Waals surface area contributed by atoms with Gasteiger partial charge in [0.15, 0.2) is 0 Å². The van der Waals surface area contributed by atoms with Crippen molar-refractivity contribution in [3.63, 3.8) is 0 Å². The second-order valence-electron chi connectivity index (χ2n) is 4.82. The zero-order valence-electron chi connectivity index (χ0n) is 10.5. The minimum atomic E-state index is -0.611. The molecular formula is C12H15BrN4O2. The summed E-state index contributed by atoms with van der Waals surface area (Å²) in [5.41, 5.74) is 0.947. The van der Waals surface area contributed by atoms with Crippen molar-refractivity contribution in [3.8, 4) is 11.3 Å². The predicted molar refractivity (Wildman–Crippen MR) is 73.2 cm³/mol. The van der Waals surface area contributed by atoms with Crippen LogP contribution < -0.4 is 0 Å². The fourth-order valence-electron chi connectivity index (χ4n) is 1.60. The third-order valence-electron chi connectivity index (χ3n) is 2.85. The van der Waals surface area contributed by atoms with Crippen LogP contribution in [0.2, 0.25) is 0 Å². The van der Waals surface area contributed by atoms with Crippen LogP contribution in [0, 0.1) is 5.41 Å². The molecule has 2 heterocycles. The maximum atomic E-state index is 9.27. The van der Waals surface area contributed by atoms with Crippen molar-refractivity contribution in [2.45, 2.75) is 13.5 Å². The molecule has 2 N–H and O–H groups in total. The quantitative estimate of drug-likeness (QED) is 0.859. The van der Waals surface area contributed by atoms with Gasteiger partial charge in [-0.05, 0) is 22.0 Å². The molecule has 102 valence electrons. The Balaban J connectivity index is 2.20. The molecule has 0 aliphatic heterocycles. The van der Waals surface area contributed by atoms with Gasteiger partial charge in [0.2, 0.25) is 0 Å². The van der Waals surface area contributed by atoms with Crippen molar-refractivity contribution in [1.29, 1.82) is 0 Å². The molecule has 0 radical (unpaired) electrons. The smallest absolute Gasteiger partial charge is 0.114 e. The molecule has 0 bridgehead atoms. The van der Waals surface area contributed by atoms with Gasteiger partial charge in [-0.2, -0.15) is 0 Å². The van der Waals surface area contributed by atoms with E-state index >= 15 is 0 Å². The lowest BCUT2D eigenvalue weighted by molar-refractivity contribution is 0.0519. The van der Waals surface area contributed by atoms with Crippen LogP contribution in [0.4, 0.5) is 0 Å². The van der Waals surface area contributed by atoms with Gasteiger partial charge in [-0.1, -0.05) is 12.1 Å². The first-order valence-corrected chi connectivity index (χ1v) is 6.58. The average Bonchev–Trinajstić information content (AvgIpc) is 2.87. The van der Waals surface area contributed by atoms with Gasteiger partial charge in [0.1, 0.15) is 5.69 Å². The van der Waals surface area contributed by atoms with Gasteiger partial charge in [-0.3, -0.25) is 9.67 Å². The summed E-state index contributed by atoms with van der Waals surface area (Å²) < 4.78 is 2.48. The maximum Gasteiger partial charge on any atom is 0.114 e. The first-order chi connectivity index (χ1) is 9.06. The van der Waals surface area contributed by atoms with Crippen LogP contribution in [-0.2, 0) is 6.54 Å². The molecule has 19 heavy (non-hydrogen) atoms. The van der Waals surface area contributed by atoms with E-state index in [2.05, 4.69) is 31.2 Å². The second-order valence-corrected chi connectivity index (χ2v) is 5.74. The molecule has 0 aliphatic rings. The second kappa shape index (κ2) is 5.77. The summed E-state index contributed by atoms with van der Waals surface area (Å²) in [6.45, 7) is 1.96.